The van der Waals surface area contributed by atoms with Gasteiger partial charge in [-0.25, -0.2) is 0 Å². The lowest BCUT2D eigenvalue weighted by molar-refractivity contribution is -0.123. The Morgan fingerprint density at radius 3 is 1.00 bits per heavy atom. The summed E-state index contributed by atoms with van der Waals surface area (Å²) >= 11 is 0. The Hall–Kier alpha value is -2.17. The highest BCUT2D eigenvalue weighted by atomic mass is 16.3. The number of unbranched alkanes of at least 4 members (excludes halogenated alkanes) is 36. The molecule has 0 aromatic heterocycles. The van der Waals surface area contributed by atoms with Crippen molar-refractivity contribution in [3.05, 3.63) is 72.9 Å². The van der Waals surface area contributed by atoms with Crippen LogP contribution in [0.1, 0.15) is 296 Å². The molecule has 2 unspecified atom stereocenters. The molecule has 0 fully saturated rings. The maximum absolute atomic E-state index is 12.5. The number of hydrogen-bond donors (Lipinski definition) is 3. The summed E-state index contributed by atoms with van der Waals surface area (Å²) in [4.78, 5) is 12.5. The third-order valence-electron chi connectivity index (χ3n) is 13.2. The van der Waals surface area contributed by atoms with E-state index in [4.69, 9.17) is 0 Å². The van der Waals surface area contributed by atoms with Gasteiger partial charge in [0.15, 0.2) is 0 Å². The Labute approximate surface area is 412 Å². The van der Waals surface area contributed by atoms with Gasteiger partial charge < -0.3 is 15.5 Å². The van der Waals surface area contributed by atoms with Crippen molar-refractivity contribution in [3.8, 4) is 0 Å². The lowest BCUT2D eigenvalue weighted by atomic mass is 10.0. The molecular formula is C62H113NO3. The van der Waals surface area contributed by atoms with E-state index < -0.39 is 12.1 Å². The van der Waals surface area contributed by atoms with Crippen molar-refractivity contribution in [2.24, 2.45) is 0 Å². The molecule has 4 nitrogen and oxygen atoms in total. The summed E-state index contributed by atoms with van der Waals surface area (Å²) in [6.07, 6.45) is 82.2. The summed E-state index contributed by atoms with van der Waals surface area (Å²) in [6, 6.07) is -0.623. The lowest BCUT2D eigenvalue weighted by Gasteiger charge is -2.20. The zero-order valence-electron chi connectivity index (χ0n) is 44.2. The molecule has 66 heavy (non-hydrogen) atoms. The Balaban J connectivity index is 3.45. The molecule has 0 radical (unpaired) electrons. The van der Waals surface area contributed by atoms with Gasteiger partial charge in [0.1, 0.15) is 0 Å². The van der Waals surface area contributed by atoms with E-state index in [2.05, 4.69) is 79.9 Å². The first-order valence-electron chi connectivity index (χ1n) is 29.2. The molecule has 0 heterocycles. The molecule has 0 aliphatic carbocycles. The van der Waals surface area contributed by atoms with Gasteiger partial charge in [-0.05, 0) is 64.2 Å². The lowest BCUT2D eigenvalue weighted by Crippen LogP contribution is -2.45. The van der Waals surface area contributed by atoms with E-state index in [1.807, 2.05) is 6.08 Å². The first-order chi connectivity index (χ1) is 32.7. The third-order valence-corrected chi connectivity index (χ3v) is 13.2. The van der Waals surface area contributed by atoms with E-state index in [1.165, 1.54) is 218 Å². The van der Waals surface area contributed by atoms with E-state index in [0.717, 1.165) is 57.8 Å². The number of nitrogens with one attached hydrogen (secondary N) is 1. The standard InChI is InChI=1S/C62H113NO3/c1-3-5-7-9-11-13-15-17-19-21-22-23-24-25-26-27-28-29-30-31-32-33-34-35-36-37-38-39-40-42-44-46-48-50-52-54-56-58-62(66)63-60(59-64)61(65)57-55-53-51-49-47-45-43-41-20-18-16-14-12-10-8-6-4-2/h5,7,11,13,17,19,22-23,25-26,55,57,60-61,64-65H,3-4,6,8-10,12,14-16,18,20-21,24,27-54,56,58-59H2,1-2H3,(H,63,66)/b7-5-,13-11-,19-17-,23-22-,26-25-,57-55+. The molecule has 0 saturated heterocycles. The highest BCUT2D eigenvalue weighted by molar-refractivity contribution is 5.76. The van der Waals surface area contributed by atoms with Gasteiger partial charge in [0.05, 0.1) is 18.8 Å². The summed E-state index contributed by atoms with van der Waals surface area (Å²) in [5, 5.41) is 23.2. The largest absolute Gasteiger partial charge is 0.394 e. The van der Waals surface area contributed by atoms with Crippen molar-refractivity contribution >= 4 is 5.91 Å². The van der Waals surface area contributed by atoms with E-state index in [0.29, 0.717) is 6.42 Å². The van der Waals surface area contributed by atoms with Gasteiger partial charge in [0, 0.05) is 6.42 Å². The van der Waals surface area contributed by atoms with Crippen LogP contribution in [0.15, 0.2) is 72.9 Å². The van der Waals surface area contributed by atoms with Crippen LogP contribution in [0.3, 0.4) is 0 Å². The average Bonchev–Trinajstić information content (AvgIpc) is 3.32. The normalized spacial score (nSPS) is 13.3. The smallest absolute Gasteiger partial charge is 0.220 e. The van der Waals surface area contributed by atoms with E-state index in [9.17, 15) is 15.0 Å². The van der Waals surface area contributed by atoms with Gasteiger partial charge in [0.25, 0.3) is 0 Å². The first-order valence-corrected chi connectivity index (χ1v) is 29.2. The van der Waals surface area contributed by atoms with Crippen molar-refractivity contribution in [3.63, 3.8) is 0 Å². The molecule has 0 aromatic rings. The summed E-state index contributed by atoms with van der Waals surface area (Å²) in [6.45, 7) is 4.21. The van der Waals surface area contributed by atoms with Crippen LogP contribution in [-0.2, 0) is 4.79 Å². The SMILES string of the molecule is CC/C=C\C/C=C\C/C=C\C/C=C\C/C=C\CCCCCCCCCCCCCCCCCCCCCCCC(=O)NC(CO)C(O)/C=C/CCCCCCCCCCCCCCCCC. The van der Waals surface area contributed by atoms with Crippen LogP contribution in [0.4, 0.5) is 0 Å². The van der Waals surface area contributed by atoms with Crippen LogP contribution < -0.4 is 5.32 Å². The number of carbonyl (C=O) groups is 1. The summed E-state index contributed by atoms with van der Waals surface area (Å²) < 4.78 is 0. The topological polar surface area (TPSA) is 69.6 Å². The van der Waals surface area contributed by atoms with Gasteiger partial charge in [-0.2, -0.15) is 0 Å². The average molecular weight is 921 g/mol. The molecule has 0 aliphatic rings. The number of carbonyl (C=O) groups excluding carboxylic acids is 1. The predicted octanol–water partition coefficient (Wildman–Crippen LogP) is 19.4. The predicted molar refractivity (Wildman–Crippen MR) is 294 cm³/mol. The number of aliphatic hydroxyl groups excluding tert-OH is 2. The monoisotopic (exact) mass is 920 g/mol. The number of rotatable bonds is 53. The van der Waals surface area contributed by atoms with Crippen molar-refractivity contribution in [2.75, 3.05) is 6.61 Å². The fourth-order valence-electron chi connectivity index (χ4n) is 8.80. The minimum atomic E-state index is -0.840. The summed E-state index contributed by atoms with van der Waals surface area (Å²) in [5.41, 5.74) is 0. The van der Waals surface area contributed by atoms with E-state index in [-0.39, 0.29) is 12.5 Å². The quantitative estimate of drug-likeness (QED) is 0.0421. The molecule has 0 aliphatic heterocycles. The van der Waals surface area contributed by atoms with Gasteiger partial charge >= 0.3 is 0 Å². The Morgan fingerprint density at radius 1 is 0.379 bits per heavy atom. The zero-order valence-corrected chi connectivity index (χ0v) is 44.2. The van der Waals surface area contributed by atoms with Crippen LogP contribution in [0.2, 0.25) is 0 Å². The van der Waals surface area contributed by atoms with Gasteiger partial charge in [0.2, 0.25) is 5.91 Å². The molecule has 4 heteroatoms. The van der Waals surface area contributed by atoms with Crippen LogP contribution in [0, 0.1) is 0 Å². The van der Waals surface area contributed by atoms with Crippen LogP contribution in [0.5, 0.6) is 0 Å². The van der Waals surface area contributed by atoms with E-state index >= 15 is 0 Å². The number of aliphatic hydroxyl groups is 2. The molecule has 0 rings (SSSR count). The summed E-state index contributed by atoms with van der Waals surface area (Å²) in [5.74, 6) is -0.0607. The van der Waals surface area contributed by atoms with Crippen molar-refractivity contribution in [1.82, 2.24) is 5.32 Å². The van der Waals surface area contributed by atoms with Gasteiger partial charge in [-0.1, -0.05) is 299 Å². The third kappa shape index (κ3) is 52.8. The molecule has 384 valence electrons. The molecule has 1 amide bonds. The fraction of sp³-hybridized carbons (Fsp3) is 0.790. The highest BCUT2D eigenvalue weighted by Gasteiger charge is 2.18. The van der Waals surface area contributed by atoms with Crippen molar-refractivity contribution in [1.29, 1.82) is 0 Å². The summed E-state index contributed by atoms with van der Waals surface area (Å²) in [7, 11) is 0. The van der Waals surface area contributed by atoms with Gasteiger partial charge in [-0.3, -0.25) is 4.79 Å². The molecule has 0 spiro atoms. The fourth-order valence-corrected chi connectivity index (χ4v) is 8.80. The van der Waals surface area contributed by atoms with Crippen LogP contribution in [-0.4, -0.2) is 34.9 Å². The Morgan fingerprint density at radius 2 is 0.667 bits per heavy atom. The van der Waals surface area contributed by atoms with Crippen molar-refractivity contribution < 1.29 is 15.0 Å². The maximum atomic E-state index is 12.5. The molecule has 0 bridgehead atoms. The Kier molecular flexibility index (Phi) is 55.3. The molecule has 0 saturated carbocycles. The molecule has 0 aromatic carbocycles. The minimum Gasteiger partial charge on any atom is -0.394 e. The second kappa shape index (κ2) is 57.1. The van der Waals surface area contributed by atoms with E-state index in [1.54, 1.807) is 6.08 Å². The minimum absolute atomic E-state index is 0.0607. The first kappa shape index (κ1) is 63.8. The second-order valence-corrected chi connectivity index (χ2v) is 19.7. The second-order valence-electron chi connectivity index (χ2n) is 19.7. The van der Waals surface area contributed by atoms with Gasteiger partial charge in [-0.15, -0.1) is 0 Å². The van der Waals surface area contributed by atoms with Crippen molar-refractivity contribution in [2.45, 2.75) is 309 Å². The van der Waals surface area contributed by atoms with Crippen LogP contribution >= 0.6 is 0 Å². The highest BCUT2D eigenvalue weighted by Crippen LogP contribution is 2.17. The molecule has 2 atom stereocenters. The maximum Gasteiger partial charge on any atom is 0.220 e. The zero-order chi connectivity index (χ0) is 47.7. The van der Waals surface area contributed by atoms with Crippen LogP contribution in [0.25, 0.3) is 0 Å². The Bertz CT molecular complexity index is 1130. The molecule has 3 N–H and O–H groups in total. The number of amides is 1. The number of allylic oxidation sites excluding steroid dienone is 11. The molecular weight excluding hydrogens is 807 g/mol. The number of hydrogen-bond acceptors (Lipinski definition) is 3.